The average Bonchev–Trinajstić information content (AvgIpc) is 2.14. The SMILES string of the molecule is [B]=Cn1cccc1. The average molecular weight is 89.9 g/mol. The van der Waals surface area contributed by atoms with Crippen LogP contribution in [0.15, 0.2) is 24.5 Å². The molecule has 0 unspecified atom stereocenters. The van der Waals surface area contributed by atoms with E-state index in [9.17, 15) is 0 Å². The van der Waals surface area contributed by atoms with Crippen LogP contribution in [0.3, 0.4) is 0 Å². The van der Waals surface area contributed by atoms with Crippen LogP contribution < -0.4 is 0 Å². The predicted octanol–water partition coefficient (Wildman–Crippen LogP) is 0.264. The van der Waals surface area contributed by atoms with Gasteiger partial charge in [-0.15, -0.1) is 0 Å². The number of hydrogen-bond acceptors (Lipinski definition) is 0. The van der Waals surface area contributed by atoms with Gasteiger partial charge < -0.3 is 0 Å². The summed E-state index contributed by atoms with van der Waals surface area (Å²) < 4.78 is 1.78. The van der Waals surface area contributed by atoms with Gasteiger partial charge in [-0.05, 0) is 0 Å². The van der Waals surface area contributed by atoms with E-state index in [1.807, 2.05) is 24.5 Å². The topological polar surface area (TPSA) is 4.93 Å². The van der Waals surface area contributed by atoms with E-state index in [1.54, 1.807) is 4.57 Å². The zero-order valence-electron chi connectivity index (χ0n) is 3.91. The first-order chi connectivity index (χ1) is 3.43. The Balaban J connectivity index is 2.96. The minimum absolute atomic E-state index is 1.50. The van der Waals surface area contributed by atoms with E-state index in [4.69, 9.17) is 7.49 Å². The van der Waals surface area contributed by atoms with Crippen LogP contribution in [-0.4, -0.2) is 18.1 Å². The summed E-state index contributed by atoms with van der Waals surface area (Å²) in [6.45, 7) is 0. The quantitative estimate of drug-likeness (QED) is 0.436. The fraction of sp³-hybridized carbons (Fsp3) is 0. The molecule has 0 saturated carbocycles. The molecule has 0 N–H and O–H groups in total. The van der Waals surface area contributed by atoms with Gasteiger partial charge in [-0.2, -0.15) is 0 Å². The Kier molecular flexibility index (Phi) is 1.11. The van der Waals surface area contributed by atoms with Gasteiger partial charge in [-0.3, -0.25) is 0 Å². The Morgan fingerprint density at radius 1 is 1.29 bits per heavy atom. The van der Waals surface area contributed by atoms with Crippen molar-refractivity contribution in [3.8, 4) is 0 Å². The van der Waals surface area contributed by atoms with Gasteiger partial charge in [-0.1, -0.05) is 0 Å². The van der Waals surface area contributed by atoms with Crippen molar-refractivity contribution in [3.05, 3.63) is 24.5 Å². The van der Waals surface area contributed by atoms with Gasteiger partial charge in [0.15, 0.2) is 0 Å². The second-order valence-corrected chi connectivity index (χ2v) is 1.28. The third-order valence-electron chi connectivity index (χ3n) is 0.800. The molecule has 1 heterocycles. The molecule has 0 atom stereocenters. The van der Waals surface area contributed by atoms with E-state index in [1.165, 1.54) is 6.09 Å². The fourth-order valence-corrected chi connectivity index (χ4v) is 0.447. The van der Waals surface area contributed by atoms with Crippen molar-refractivity contribution >= 4 is 13.6 Å². The van der Waals surface area contributed by atoms with Crippen molar-refractivity contribution in [1.29, 1.82) is 0 Å². The molecule has 1 nitrogen and oxygen atoms in total. The molecule has 0 aliphatic heterocycles. The monoisotopic (exact) mass is 90.1 g/mol. The molecule has 0 fully saturated rings. The molecule has 0 saturated heterocycles. The van der Waals surface area contributed by atoms with Crippen LogP contribution in [0.4, 0.5) is 0 Å². The molecule has 0 bridgehead atoms. The molecule has 0 aliphatic carbocycles. The molecule has 1 rings (SSSR count). The van der Waals surface area contributed by atoms with Gasteiger partial charge in [0.05, 0.1) is 0 Å². The Bertz CT molecular complexity index is 143. The van der Waals surface area contributed by atoms with Crippen LogP contribution in [0.25, 0.3) is 0 Å². The van der Waals surface area contributed by atoms with Gasteiger partial charge in [0.1, 0.15) is 0 Å². The second-order valence-electron chi connectivity index (χ2n) is 1.28. The van der Waals surface area contributed by atoms with Crippen LogP contribution in [0.5, 0.6) is 0 Å². The molecule has 33 valence electrons. The first-order valence-electron chi connectivity index (χ1n) is 2.11. The molecule has 0 aromatic carbocycles. The summed E-state index contributed by atoms with van der Waals surface area (Å²) >= 11 is 0. The van der Waals surface area contributed by atoms with Crippen molar-refractivity contribution < 1.29 is 0 Å². The molecular formula is C5H5BN. The summed E-state index contributed by atoms with van der Waals surface area (Å²) in [5.41, 5.74) is 0. The van der Waals surface area contributed by atoms with Crippen molar-refractivity contribution in [2.45, 2.75) is 0 Å². The predicted molar refractivity (Wildman–Crippen MR) is 31.6 cm³/mol. The van der Waals surface area contributed by atoms with Gasteiger partial charge >= 0.3 is 42.7 Å². The van der Waals surface area contributed by atoms with Gasteiger partial charge in [0.2, 0.25) is 0 Å². The van der Waals surface area contributed by atoms with Crippen LogP contribution in [0.1, 0.15) is 0 Å². The number of hydrogen-bond donors (Lipinski definition) is 0. The standard InChI is InChI=1S/C5H5BN/c6-5-7-3-1-2-4-7/h1-5H. The second kappa shape index (κ2) is 1.78. The van der Waals surface area contributed by atoms with E-state index in [0.29, 0.717) is 0 Å². The summed E-state index contributed by atoms with van der Waals surface area (Å²) in [6, 6.07) is 3.84. The summed E-state index contributed by atoms with van der Waals surface area (Å²) in [5, 5.41) is 0. The number of nitrogens with zero attached hydrogens (tertiary/aromatic N) is 1. The van der Waals surface area contributed by atoms with E-state index in [-0.39, 0.29) is 0 Å². The maximum absolute atomic E-state index is 5.13. The fourth-order valence-electron chi connectivity index (χ4n) is 0.447. The van der Waals surface area contributed by atoms with Crippen molar-refractivity contribution in [1.82, 2.24) is 4.57 Å². The normalized spacial score (nSPS) is 8.43. The first kappa shape index (κ1) is 4.38. The molecule has 1 aromatic rings. The molecule has 0 spiro atoms. The molecule has 2 heteroatoms. The minimum atomic E-state index is 1.50. The number of aromatic nitrogens is 1. The van der Waals surface area contributed by atoms with E-state index in [0.717, 1.165) is 0 Å². The van der Waals surface area contributed by atoms with Crippen LogP contribution in [0, 0.1) is 0 Å². The third kappa shape index (κ3) is 0.799. The first-order valence-corrected chi connectivity index (χ1v) is 2.11. The van der Waals surface area contributed by atoms with Crippen molar-refractivity contribution in [2.75, 3.05) is 0 Å². The van der Waals surface area contributed by atoms with Crippen molar-refractivity contribution in [2.24, 2.45) is 0 Å². The van der Waals surface area contributed by atoms with Crippen LogP contribution in [-0.2, 0) is 0 Å². The summed E-state index contributed by atoms with van der Waals surface area (Å²) in [7, 11) is 5.13. The Morgan fingerprint density at radius 2 is 1.86 bits per heavy atom. The molecule has 0 aliphatic rings. The number of rotatable bonds is 1. The molecular weight excluding hydrogens is 84.9 g/mol. The summed E-state index contributed by atoms with van der Waals surface area (Å²) in [6.07, 6.45) is 5.25. The maximum atomic E-state index is 5.13. The van der Waals surface area contributed by atoms with E-state index >= 15 is 0 Å². The summed E-state index contributed by atoms with van der Waals surface area (Å²) in [5.74, 6) is 0. The zero-order valence-corrected chi connectivity index (χ0v) is 3.91. The van der Waals surface area contributed by atoms with Crippen LogP contribution in [0.2, 0.25) is 0 Å². The summed E-state index contributed by atoms with van der Waals surface area (Å²) in [4.78, 5) is 0. The molecule has 1 radical (unpaired) electrons. The Morgan fingerprint density at radius 3 is 2.14 bits per heavy atom. The third-order valence-corrected chi connectivity index (χ3v) is 0.800. The van der Waals surface area contributed by atoms with Gasteiger partial charge in [0.25, 0.3) is 0 Å². The van der Waals surface area contributed by atoms with E-state index in [2.05, 4.69) is 0 Å². The molecule has 0 amide bonds. The molecule has 1 aromatic heterocycles. The van der Waals surface area contributed by atoms with Gasteiger partial charge in [-0.25, -0.2) is 0 Å². The zero-order chi connectivity index (χ0) is 5.11. The van der Waals surface area contributed by atoms with Crippen molar-refractivity contribution in [3.63, 3.8) is 0 Å². The van der Waals surface area contributed by atoms with E-state index < -0.39 is 0 Å². The Labute approximate surface area is 43.7 Å². The van der Waals surface area contributed by atoms with Crippen LogP contribution >= 0.6 is 0 Å². The molecule has 7 heavy (non-hydrogen) atoms. The van der Waals surface area contributed by atoms with Gasteiger partial charge in [0, 0.05) is 0 Å². The Hall–Kier alpha value is -0.785.